The molecule has 2 saturated heterocycles. The summed E-state index contributed by atoms with van der Waals surface area (Å²) in [5.74, 6) is 0.757. The van der Waals surface area contributed by atoms with Gasteiger partial charge in [0.25, 0.3) is 0 Å². The van der Waals surface area contributed by atoms with E-state index in [4.69, 9.17) is 10.5 Å². The van der Waals surface area contributed by atoms with Crippen LogP contribution in [0.15, 0.2) is 0 Å². The van der Waals surface area contributed by atoms with Gasteiger partial charge in [0.05, 0.1) is 5.60 Å². The van der Waals surface area contributed by atoms with Gasteiger partial charge in [-0.1, -0.05) is 13.8 Å². The summed E-state index contributed by atoms with van der Waals surface area (Å²) < 4.78 is 5.89. The van der Waals surface area contributed by atoms with Gasteiger partial charge in [-0.25, -0.2) is 0 Å². The predicted molar refractivity (Wildman–Crippen MR) is 83.9 cm³/mol. The lowest BCUT2D eigenvalue weighted by Crippen LogP contribution is -2.64. The van der Waals surface area contributed by atoms with Gasteiger partial charge in [0.2, 0.25) is 0 Å². The molecule has 0 aliphatic carbocycles. The van der Waals surface area contributed by atoms with Gasteiger partial charge >= 0.3 is 0 Å². The molecule has 20 heavy (non-hydrogen) atoms. The third kappa shape index (κ3) is 3.73. The molecule has 0 radical (unpaired) electrons. The highest BCUT2D eigenvalue weighted by Gasteiger charge is 2.44. The van der Waals surface area contributed by atoms with E-state index in [9.17, 15) is 0 Å². The molecule has 0 aromatic rings. The van der Waals surface area contributed by atoms with Crippen LogP contribution < -0.4 is 5.73 Å². The molecule has 2 rings (SSSR count). The number of hydrogen-bond donors (Lipinski definition) is 1. The normalized spacial score (nSPS) is 32.7. The maximum Gasteiger partial charge on any atom is 0.0644 e. The molecule has 118 valence electrons. The summed E-state index contributed by atoms with van der Waals surface area (Å²) in [5.41, 5.74) is 6.32. The van der Waals surface area contributed by atoms with Gasteiger partial charge in [0.15, 0.2) is 0 Å². The molecule has 0 saturated carbocycles. The van der Waals surface area contributed by atoms with E-state index in [0.717, 1.165) is 45.0 Å². The van der Waals surface area contributed by atoms with Crippen molar-refractivity contribution in [3.8, 4) is 0 Å². The fraction of sp³-hybridized carbons (Fsp3) is 1.00. The Labute approximate surface area is 124 Å². The van der Waals surface area contributed by atoms with Gasteiger partial charge in [-0.3, -0.25) is 4.90 Å². The Balaban J connectivity index is 1.96. The Kier molecular flexibility index (Phi) is 5.11. The van der Waals surface area contributed by atoms with Crippen LogP contribution >= 0.6 is 0 Å². The van der Waals surface area contributed by atoms with Gasteiger partial charge in [-0.2, -0.15) is 0 Å². The molecular formula is C16H33N3O. The van der Waals surface area contributed by atoms with E-state index in [1.807, 2.05) is 0 Å². The Morgan fingerprint density at radius 2 is 1.80 bits per heavy atom. The van der Waals surface area contributed by atoms with Crippen LogP contribution in [0.25, 0.3) is 0 Å². The Morgan fingerprint density at radius 3 is 2.30 bits per heavy atom. The Bertz CT molecular complexity index is 311. The molecule has 0 aromatic heterocycles. The van der Waals surface area contributed by atoms with Gasteiger partial charge in [0, 0.05) is 51.4 Å². The maximum absolute atomic E-state index is 6.19. The van der Waals surface area contributed by atoms with Crippen molar-refractivity contribution in [3.63, 3.8) is 0 Å². The van der Waals surface area contributed by atoms with Crippen LogP contribution in [-0.4, -0.2) is 66.8 Å². The van der Waals surface area contributed by atoms with Gasteiger partial charge < -0.3 is 15.4 Å². The molecule has 1 atom stereocenters. The first-order chi connectivity index (χ1) is 9.37. The minimum Gasteiger partial charge on any atom is -0.375 e. The highest BCUT2D eigenvalue weighted by Crippen LogP contribution is 2.36. The van der Waals surface area contributed by atoms with Crippen molar-refractivity contribution >= 4 is 0 Å². The summed E-state index contributed by atoms with van der Waals surface area (Å²) in [6.45, 7) is 16.5. The number of nitrogens with zero attached hydrogens (tertiary/aromatic N) is 2. The number of rotatable bonds is 4. The lowest BCUT2D eigenvalue weighted by Gasteiger charge is -2.53. The van der Waals surface area contributed by atoms with Crippen LogP contribution in [0.4, 0.5) is 0 Å². The Hall–Kier alpha value is -0.160. The topological polar surface area (TPSA) is 41.7 Å². The third-order valence-electron chi connectivity index (χ3n) is 4.86. The van der Waals surface area contributed by atoms with Crippen LogP contribution in [0.3, 0.4) is 0 Å². The molecular weight excluding hydrogens is 250 g/mol. The van der Waals surface area contributed by atoms with E-state index >= 15 is 0 Å². The average molecular weight is 283 g/mol. The van der Waals surface area contributed by atoms with Crippen LogP contribution in [0.2, 0.25) is 0 Å². The third-order valence-corrected chi connectivity index (χ3v) is 4.86. The second-order valence-corrected chi connectivity index (χ2v) is 7.64. The van der Waals surface area contributed by atoms with Crippen LogP contribution in [0.1, 0.15) is 40.5 Å². The second-order valence-electron chi connectivity index (χ2n) is 7.64. The molecule has 2 aliphatic heterocycles. The molecule has 1 unspecified atom stereocenters. The average Bonchev–Trinajstić information content (AvgIpc) is 2.37. The summed E-state index contributed by atoms with van der Waals surface area (Å²) in [4.78, 5) is 5.24. The van der Waals surface area contributed by atoms with Gasteiger partial charge in [-0.15, -0.1) is 0 Å². The van der Waals surface area contributed by atoms with Crippen LogP contribution in [0, 0.1) is 5.92 Å². The summed E-state index contributed by atoms with van der Waals surface area (Å²) >= 11 is 0. The zero-order valence-corrected chi connectivity index (χ0v) is 13.8. The van der Waals surface area contributed by atoms with E-state index in [0.29, 0.717) is 0 Å². The molecule has 4 heteroatoms. The fourth-order valence-electron chi connectivity index (χ4n) is 3.94. The summed E-state index contributed by atoms with van der Waals surface area (Å²) in [6, 6.07) is 0. The molecule has 2 aliphatic rings. The fourth-order valence-corrected chi connectivity index (χ4v) is 3.94. The van der Waals surface area contributed by atoms with Crippen molar-refractivity contribution in [1.82, 2.24) is 9.80 Å². The van der Waals surface area contributed by atoms with Crippen LogP contribution in [-0.2, 0) is 4.74 Å². The minimum atomic E-state index is -0.0350. The van der Waals surface area contributed by atoms with Crippen molar-refractivity contribution in [1.29, 1.82) is 0 Å². The lowest BCUT2D eigenvalue weighted by atomic mass is 9.79. The minimum absolute atomic E-state index is 0.0350. The maximum atomic E-state index is 6.19. The molecule has 4 nitrogen and oxygen atoms in total. The first-order valence-electron chi connectivity index (χ1n) is 8.18. The van der Waals surface area contributed by atoms with E-state index in [1.165, 1.54) is 19.6 Å². The smallest absolute Gasteiger partial charge is 0.0644 e. The second kappa shape index (κ2) is 6.30. The molecule has 2 heterocycles. The molecule has 0 aromatic carbocycles. The molecule has 2 N–H and O–H groups in total. The highest BCUT2D eigenvalue weighted by atomic mass is 16.5. The summed E-state index contributed by atoms with van der Waals surface area (Å²) in [7, 11) is 0. The zero-order chi connectivity index (χ0) is 14.8. The SMILES string of the molecule is CC(C)CN1CCN(C2(CN)CCOC(C)(C)C2)CC1. The zero-order valence-electron chi connectivity index (χ0n) is 13.8. The number of hydrogen-bond acceptors (Lipinski definition) is 4. The van der Waals surface area contributed by atoms with E-state index < -0.39 is 0 Å². The summed E-state index contributed by atoms with van der Waals surface area (Å²) in [6.07, 6.45) is 2.14. The standard InChI is InChI=1S/C16H33N3O/c1-14(2)11-18-6-8-19(9-7-18)16(13-17)5-10-20-15(3,4)12-16/h14H,5-13,17H2,1-4H3. The van der Waals surface area contributed by atoms with Crippen molar-refractivity contribution in [2.45, 2.75) is 51.7 Å². The first kappa shape index (κ1) is 16.2. The lowest BCUT2D eigenvalue weighted by molar-refractivity contribution is -0.124. The monoisotopic (exact) mass is 283 g/mol. The van der Waals surface area contributed by atoms with Gasteiger partial charge in [0.1, 0.15) is 0 Å². The highest BCUT2D eigenvalue weighted by molar-refractivity contribution is 5.00. The quantitative estimate of drug-likeness (QED) is 0.850. The van der Waals surface area contributed by atoms with Crippen LogP contribution in [0.5, 0.6) is 0 Å². The molecule has 2 fully saturated rings. The molecule has 0 bridgehead atoms. The van der Waals surface area contributed by atoms with Crippen molar-refractivity contribution < 1.29 is 4.74 Å². The number of nitrogens with two attached hydrogens (primary N) is 1. The van der Waals surface area contributed by atoms with Crippen molar-refractivity contribution in [2.24, 2.45) is 11.7 Å². The number of piperazine rings is 1. The molecule has 0 spiro atoms. The Morgan fingerprint density at radius 1 is 1.15 bits per heavy atom. The predicted octanol–water partition coefficient (Wildman–Crippen LogP) is 1.55. The van der Waals surface area contributed by atoms with Crippen molar-refractivity contribution in [3.05, 3.63) is 0 Å². The largest absolute Gasteiger partial charge is 0.375 e. The van der Waals surface area contributed by atoms with Gasteiger partial charge in [-0.05, 0) is 32.6 Å². The van der Waals surface area contributed by atoms with Crippen molar-refractivity contribution in [2.75, 3.05) is 45.9 Å². The van der Waals surface area contributed by atoms with E-state index in [1.54, 1.807) is 0 Å². The first-order valence-corrected chi connectivity index (χ1v) is 8.18. The summed E-state index contributed by atoms with van der Waals surface area (Å²) in [5, 5.41) is 0. The molecule has 0 amide bonds. The van der Waals surface area contributed by atoms with E-state index in [-0.39, 0.29) is 11.1 Å². The van der Waals surface area contributed by atoms with E-state index in [2.05, 4.69) is 37.5 Å². The number of ether oxygens (including phenoxy) is 1.